The van der Waals surface area contributed by atoms with Crippen LogP contribution in [-0.4, -0.2) is 62.0 Å². The summed E-state index contributed by atoms with van der Waals surface area (Å²) in [5.41, 5.74) is 0. The molecule has 2 rings (SSSR count). The third-order valence-electron chi connectivity index (χ3n) is 4.79. The number of carbonyl (C=O) groups is 1. The average Bonchev–Trinajstić information content (AvgIpc) is 2.45. The van der Waals surface area contributed by atoms with Crippen molar-refractivity contribution in [3.05, 3.63) is 0 Å². The first-order chi connectivity index (χ1) is 9.77. The van der Waals surface area contributed by atoms with Crippen molar-refractivity contribution in [3.63, 3.8) is 0 Å². The Morgan fingerprint density at radius 1 is 1.10 bits per heavy atom. The predicted octanol–water partition coefficient (Wildman–Crippen LogP) is 1.71. The maximum atomic E-state index is 12.5. The Hall–Kier alpha value is -0.610. The van der Waals surface area contributed by atoms with E-state index in [4.69, 9.17) is 0 Å². The molecule has 1 heterocycles. The van der Waals surface area contributed by atoms with E-state index in [1.807, 2.05) is 11.9 Å². The first-order valence-electron chi connectivity index (χ1n) is 8.45. The van der Waals surface area contributed by atoms with Crippen LogP contribution in [-0.2, 0) is 4.79 Å². The van der Waals surface area contributed by atoms with E-state index in [9.17, 15) is 4.79 Å². The number of amides is 1. The Morgan fingerprint density at radius 3 is 2.35 bits per heavy atom. The highest BCUT2D eigenvalue weighted by Gasteiger charge is 2.22. The molecule has 0 bridgehead atoms. The zero-order valence-corrected chi connectivity index (χ0v) is 13.1. The molecular formula is C16H31N3O. The summed E-state index contributed by atoms with van der Waals surface area (Å²) >= 11 is 0. The number of hydrogen-bond acceptors (Lipinski definition) is 3. The second-order valence-corrected chi connectivity index (χ2v) is 6.39. The monoisotopic (exact) mass is 281 g/mol. The molecule has 1 N–H and O–H groups in total. The van der Waals surface area contributed by atoms with Crippen LogP contribution in [0.2, 0.25) is 0 Å². The van der Waals surface area contributed by atoms with E-state index in [0.29, 0.717) is 11.8 Å². The number of piperazine rings is 1. The zero-order chi connectivity index (χ0) is 14.2. The van der Waals surface area contributed by atoms with Crippen LogP contribution in [0.15, 0.2) is 0 Å². The molecular weight excluding hydrogens is 250 g/mol. The zero-order valence-electron chi connectivity index (χ0n) is 13.1. The number of nitrogens with zero attached hydrogens (tertiary/aromatic N) is 2. The van der Waals surface area contributed by atoms with E-state index in [1.54, 1.807) is 0 Å². The van der Waals surface area contributed by atoms with Gasteiger partial charge in [-0.05, 0) is 12.8 Å². The fraction of sp³-hybridized carbons (Fsp3) is 0.938. The third-order valence-corrected chi connectivity index (χ3v) is 4.79. The van der Waals surface area contributed by atoms with Crippen molar-refractivity contribution in [2.75, 3.05) is 46.3 Å². The van der Waals surface area contributed by atoms with Crippen molar-refractivity contribution >= 4 is 5.91 Å². The van der Waals surface area contributed by atoms with Crippen LogP contribution in [0.4, 0.5) is 0 Å². The minimum Gasteiger partial charge on any atom is -0.344 e. The van der Waals surface area contributed by atoms with E-state index < -0.39 is 0 Å². The summed E-state index contributed by atoms with van der Waals surface area (Å²) in [5, 5.41) is 3.37. The molecule has 1 amide bonds. The van der Waals surface area contributed by atoms with Gasteiger partial charge in [-0.3, -0.25) is 9.69 Å². The van der Waals surface area contributed by atoms with Crippen molar-refractivity contribution in [2.45, 2.75) is 44.9 Å². The van der Waals surface area contributed by atoms with E-state index in [-0.39, 0.29) is 0 Å². The maximum Gasteiger partial charge on any atom is 0.225 e. The van der Waals surface area contributed by atoms with Crippen molar-refractivity contribution in [3.8, 4) is 0 Å². The number of rotatable bonds is 4. The fourth-order valence-electron chi connectivity index (χ4n) is 3.35. The van der Waals surface area contributed by atoms with Gasteiger partial charge in [0.1, 0.15) is 0 Å². The van der Waals surface area contributed by atoms with Crippen LogP contribution >= 0.6 is 0 Å². The van der Waals surface area contributed by atoms with Gasteiger partial charge in [-0.2, -0.15) is 0 Å². The van der Waals surface area contributed by atoms with Gasteiger partial charge in [0.2, 0.25) is 5.91 Å². The number of nitrogens with one attached hydrogen (secondary N) is 1. The molecule has 0 radical (unpaired) electrons. The number of hydrogen-bond donors (Lipinski definition) is 1. The molecule has 116 valence electrons. The molecule has 1 saturated heterocycles. The van der Waals surface area contributed by atoms with Crippen LogP contribution in [0, 0.1) is 5.92 Å². The van der Waals surface area contributed by atoms with E-state index in [1.165, 1.54) is 32.1 Å². The Bertz CT molecular complexity index is 281. The van der Waals surface area contributed by atoms with E-state index in [2.05, 4.69) is 10.2 Å². The number of likely N-dealkylation sites (N-methyl/N-ethyl adjacent to an activating group) is 1. The van der Waals surface area contributed by atoms with Crippen LogP contribution in [0.5, 0.6) is 0 Å². The van der Waals surface area contributed by atoms with E-state index >= 15 is 0 Å². The Labute approximate surface area is 123 Å². The highest BCUT2D eigenvalue weighted by atomic mass is 16.2. The molecule has 0 aromatic rings. The molecule has 2 fully saturated rings. The molecule has 1 aliphatic heterocycles. The van der Waals surface area contributed by atoms with Gasteiger partial charge in [0.15, 0.2) is 0 Å². The SMILES string of the molecule is CN(CCN1CCNCC1)C(=O)C1CCCCCCC1. The third kappa shape index (κ3) is 5.06. The van der Waals surface area contributed by atoms with Crippen LogP contribution in [0.3, 0.4) is 0 Å². The Kier molecular flexibility index (Phi) is 6.80. The lowest BCUT2D eigenvalue weighted by molar-refractivity contribution is -0.135. The molecule has 4 heteroatoms. The van der Waals surface area contributed by atoms with Crippen molar-refractivity contribution in [1.29, 1.82) is 0 Å². The van der Waals surface area contributed by atoms with Gasteiger partial charge < -0.3 is 10.2 Å². The topological polar surface area (TPSA) is 35.6 Å². The fourth-order valence-corrected chi connectivity index (χ4v) is 3.35. The average molecular weight is 281 g/mol. The summed E-state index contributed by atoms with van der Waals surface area (Å²) in [7, 11) is 1.99. The van der Waals surface area contributed by atoms with Crippen molar-refractivity contribution in [1.82, 2.24) is 15.1 Å². The Morgan fingerprint density at radius 2 is 1.70 bits per heavy atom. The van der Waals surface area contributed by atoms with Gasteiger partial charge in [0.25, 0.3) is 0 Å². The molecule has 0 spiro atoms. The molecule has 0 aromatic heterocycles. The summed E-state index contributed by atoms with van der Waals surface area (Å²) in [5.74, 6) is 0.686. The van der Waals surface area contributed by atoms with Crippen molar-refractivity contribution < 1.29 is 4.79 Å². The number of carbonyl (C=O) groups excluding carboxylic acids is 1. The standard InChI is InChI=1S/C16H31N3O/c1-18(13-14-19-11-9-17-10-12-19)16(20)15-7-5-3-2-4-6-8-15/h15,17H,2-14H2,1H3. The Balaban J connectivity index is 1.71. The summed E-state index contributed by atoms with van der Waals surface area (Å²) in [6.45, 7) is 6.31. The summed E-state index contributed by atoms with van der Waals surface area (Å²) in [6, 6.07) is 0. The lowest BCUT2D eigenvalue weighted by Crippen LogP contribution is -2.47. The van der Waals surface area contributed by atoms with Gasteiger partial charge in [-0.1, -0.05) is 32.1 Å². The summed E-state index contributed by atoms with van der Waals surface area (Å²) in [4.78, 5) is 17.0. The van der Waals surface area contributed by atoms with Gasteiger partial charge in [-0.15, -0.1) is 0 Å². The van der Waals surface area contributed by atoms with Crippen LogP contribution in [0.1, 0.15) is 44.9 Å². The minimum atomic E-state index is 0.295. The largest absolute Gasteiger partial charge is 0.344 e. The molecule has 1 aliphatic carbocycles. The van der Waals surface area contributed by atoms with Gasteiger partial charge in [-0.25, -0.2) is 0 Å². The maximum absolute atomic E-state index is 12.5. The quantitative estimate of drug-likeness (QED) is 0.852. The summed E-state index contributed by atoms with van der Waals surface area (Å²) in [6.07, 6.45) is 8.68. The van der Waals surface area contributed by atoms with Gasteiger partial charge in [0, 0.05) is 52.2 Å². The second kappa shape index (κ2) is 8.63. The first-order valence-corrected chi connectivity index (χ1v) is 8.45. The molecule has 0 aromatic carbocycles. The van der Waals surface area contributed by atoms with Gasteiger partial charge >= 0.3 is 0 Å². The van der Waals surface area contributed by atoms with E-state index in [0.717, 1.165) is 52.1 Å². The van der Waals surface area contributed by atoms with Gasteiger partial charge in [0.05, 0.1) is 0 Å². The highest BCUT2D eigenvalue weighted by Crippen LogP contribution is 2.23. The molecule has 20 heavy (non-hydrogen) atoms. The minimum absolute atomic E-state index is 0.295. The van der Waals surface area contributed by atoms with Crippen LogP contribution in [0.25, 0.3) is 0 Å². The smallest absolute Gasteiger partial charge is 0.225 e. The summed E-state index contributed by atoms with van der Waals surface area (Å²) < 4.78 is 0. The molecule has 2 aliphatic rings. The lowest BCUT2D eigenvalue weighted by Gasteiger charge is -2.30. The molecule has 0 atom stereocenters. The molecule has 1 saturated carbocycles. The molecule has 0 unspecified atom stereocenters. The van der Waals surface area contributed by atoms with Crippen LogP contribution < -0.4 is 5.32 Å². The lowest BCUT2D eigenvalue weighted by atomic mass is 9.90. The normalized spacial score (nSPS) is 23.1. The highest BCUT2D eigenvalue weighted by molar-refractivity contribution is 5.78. The van der Waals surface area contributed by atoms with Crippen molar-refractivity contribution in [2.24, 2.45) is 5.92 Å². The molecule has 4 nitrogen and oxygen atoms in total. The predicted molar refractivity (Wildman–Crippen MR) is 82.8 cm³/mol. The first kappa shape index (κ1) is 15.8. The second-order valence-electron chi connectivity index (χ2n) is 6.39.